The summed E-state index contributed by atoms with van der Waals surface area (Å²) in [6.07, 6.45) is 3.17. The van der Waals surface area contributed by atoms with Crippen LogP contribution in [0.5, 0.6) is 17.2 Å². The maximum atomic E-state index is 5.49. The summed E-state index contributed by atoms with van der Waals surface area (Å²) in [6, 6.07) is 2.07. The molecule has 0 fully saturated rings. The van der Waals surface area contributed by atoms with E-state index < -0.39 is 0 Å². The van der Waals surface area contributed by atoms with E-state index >= 15 is 0 Å². The number of fused-ring (bicyclic) bond motifs is 2. The lowest BCUT2D eigenvalue weighted by Crippen LogP contribution is -2.22. The maximum absolute atomic E-state index is 5.49. The van der Waals surface area contributed by atoms with Crippen LogP contribution in [0.3, 0.4) is 0 Å². The quantitative estimate of drug-likeness (QED) is 0.725. The van der Waals surface area contributed by atoms with E-state index in [4.69, 9.17) is 14.2 Å². The maximum Gasteiger partial charge on any atom is 0.231 e. The summed E-state index contributed by atoms with van der Waals surface area (Å²) in [6.45, 7) is 4.50. The van der Waals surface area contributed by atoms with Gasteiger partial charge in [-0.25, -0.2) is 4.58 Å². The van der Waals surface area contributed by atoms with E-state index in [1.165, 1.54) is 5.56 Å². The molecule has 0 radical (unpaired) electrons. The average Bonchev–Trinajstić information content (AvgIpc) is 2.82. The molecule has 0 atom stereocenters. The molecule has 2 heterocycles. The molecule has 0 aromatic heterocycles. The Kier molecular flexibility index (Phi) is 2.42. The van der Waals surface area contributed by atoms with Gasteiger partial charge in [0.1, 0.15) is 13.1 Å². The first-order valence-electron chi connectivity index (χ1n) is 5.92. The summed E-state index contributed by atoms with van der Waals surface area (Å²) in [5.41, 5.74) is 2.40. The van der Waals surface area contributed by atoms with Crippen molar-refractivity contribution in [2.24, 2.45) is 0 Å². The van der Waals surface area contributed by atoms with Crippen LogP contribution in [0.25, 0.3) is 0 Å². The second-order valence-electron chi connectivity index (χ2n) is 4.22. The summed E-state index contributed by atoms with van der Waals surface area (Å²) >= 11 is 0. The first kappa shape index (κ1) is 10.4. The van der Waals surface area contributed by atoms with Crippen molar-refractivity contribution in [3.05, 3.63) is 17.2 Å². The van der Waals surface area contributed by atoms with Gasteiger partial charge in [-0.1, -0.05) is 0 Å². The molecule has 90 valence electrons. The van der Waals surface area contributed by atoms with Crippen molar-refractivity contribution in [3.8, 4) is 17.2 Å². The Morgan fingerprint density at radius 3 is 3.06 bits per heavy atom. The van der Waals surface area contributed by atoms with Crippen LogP contribution in [0.1, 0.15) is 18.1 Å². The largest absolute Gasteiger partial charge is 0.492 e. The minimum Gasteiger partial charge on any atom is -0.492 e. The Hall–Kier alpha value is -1.71. The van der Waals surface area contributed by atoms with Crippen LogP contribution in [0, 0.1) is 0 Å². The van der Waals surface area contributed by atoms with E-state index in [-0.39, 0.29) is 6.79 Å². The number of benzene rings is 1. The molecular formula is C13H16NO3+. The van der Waals surface area contributed by atoms with Crippen molar-refractivity contribution in [2.45, 2.75) is 13.3 Å². The van der Waals surface area contributed by atoms with Crippen molar-refractivity contribution >= 4 is 6.21 Å². The van der Waals surface area contributed by atoms with Crippen LogP contribution >= 0.6 is 0 Å². The van der Waals surface area contributed by atoms with E-state index in [9.17, 15) is 0 Å². The van der Waals surface area contributed by atoms with Crippen LogP contribution in [-0.2, 0) is 6.42 Å². The Morgan fingerprint density at radius 2 is 2.29 bits per heavy atom. The Balaban J connectivity index is 2.19. The first-order valence-corrected chi connectivity index (χ1v) is 5.92. The van der Waals surface area contributed by atoms with Crippen LogP contribution in [0.15, 0.2) is 6.07 Å². The van der Waals surface area contributed by atoms with Crippen LogP contribution in [0.4, 0.5) is 0 Å². The summed E-state index contributed by atoms with van der Waals surface area (Å²) in [5, 5.41) is 0. The van der Waals surface area contributed by atoms with Gasteiger partial charge in [-0.3, -0.25) is 0 Å². The average molecular weight is 234 g/mol. The third-order valence-electron chi connectivity index (χ3n) is 3.33. The highest BCUT2D eigenvalue weighted by molar-refractivity contribution is 5.86. The summed E-state index contributed by atoms with van der Waals surface area (Å²) in [5.74, 6) is 2.34. The van der Waals surface area contributed by atoms with Gasteiger partial charge in [0, 0.05) is 6.42 Å². The second-order valence-corrected chi connectivity index (χ2v) is 4.22. The SMILES string of the molecule is CC[N+]1=Cc2c(cc3c(c2OC)OCO3)CC1. The number of likely N-dealkylation sites (N-methyl/N-ethyl adjacent to an activating group) is 1. The molecule has 0 bridgehead atoms. The van der Waals surface area contributed by atoms with Crippen molar-refractivity contribution in [1.29, 1.82) is 0 Å². The van der Waals surface area contributed by atoms with Gasteiger partial charge in [0.05, 0.1) is 12.7 Å². The highest BCUT2D eigenvalue weighted by Crippen LogP contribution is 2.44. The van der Waals surface area contributed by atoms with Gasteiger partial charge < -0.3 is 14.2 Å². The van der Waals surface area contributed by atoms with E-state index in [0.29, 0.717) is 0 Å². The fourth-order valence-electron chi connectivity index (χ4n) is 2.39. The zero-order valence-electron chi connectivity index (χ0n) is 10.2. The molecule has 0 spiro atoms. The predicted molar refractivity (Wildman–Crippen MR) is 63.7 cm³/mol. The zero-order chi connectivity index (χ0) is 11.8. The van der Waals surface area contributed by atoms with E-state index in [2.05, 4.69) is 23.8 Å². The predicted octanol–water partition coefficient (Wildman–Crippen LogP) is 1.43. The molecule has 1 aromatic rings. The normalized spacial score (nSPS) is 16.5. The molecular weight excluding hydrogens is 218 g/mol. The Labute approximate surface area is 100 Å². The Bertz CT molecular complexity index is 494. The molecule has 17 heavy (non-hydrogen) atoms. The van der Waals surface area contributed by atoms with E-state index in [1.807, 2.05) is 0 Å². The number of ether oxygens (including phenoxy) is 3. The van der Waals surface area contributed by atoms with Crippen LogP contribution in [-0.4, -0.2) is 37.8 Å². The van der Waals surface area contributed by atoms with E-state index in [1.54, 1.807) is 7.11 Å². The summed E-state index contributed by atoms with van der Waals surface area (Å²) in [7, 11) is 1.68. The van der Waals surface area contributed by atoms with Gasteiger partial charge in [-0.05, 0) is 18.6 Å². The van der Waals surface area contributed by atoms with Crippen molar-refractivity contribution in [2.75, 3.05) is 27.0 Å². The molecule has 0 amide bonds. The molecule has 0 N–H and O–H groups in total. The fourth-order valence-corrected chi connectivity index (χ4v) is 2.39. The van der Waals surface area contributed by atoms with Gasteiger partial charge in [-0.2, -0.15) is 0 Å². The molecule has 4 nitrogen and oxygen atoms in total. The lowest BCUT2D eigenvalue weighted by atomic mass is 10.00. The van der Waals surface area contributed by atoms with Gasteiger partial charge in [-0.15, -0.1) is 0 Å². The van der Waals surface area contributed by atoms with Gasteiger partial charge in [0.15, 0.2) is 17.7 Å². The molecule has 0 unspecified atom stereocenters. The number of hydrogen-bond acceptors (Lipinski definition) is 3. The molecule has 4 heteroatoms. The minimum absolute atomic E-state index is 0.284. The number of methoxy groups -OCH3 is 1. The molecule has 2 aliphatic heterocycles. The Morgan fingerprint density at radius 1 is 1.41 bits per heavy atom. The van der Waals surface area contributed by atoms with Crippen molar-refractivity contribution < 1.29 is 18.8 Å². The third kappa shape index (κ3) is 1.55. The molecule has 0 saturated carbocycles. The lowest BCUT2D eigenvalue weighted by molar-refractivity contribution is -0.520. The lowest BCUT2D eigenvalue weighted by Gasteiger charge is -2.16. The third-order valence-corrected chi connectivity index (χ3v) is 3.33. The number of hydrogen-bond donors (Lipinski definition) is 0. The first-order chi connectivity index (χ1) is 8.33. The smallest absolute Gasteiger partial charge is 0.231 e. The number of nitrogens with zero attached hydrogens (tertiary/aromatic N) is 1. The summed E-state index contributed by atoms with van der Waals surface area (Å²) < 4.78 is 18.7. The zero-order valence-corrected chi connectivity index (χ0v) is 10.2. The van der Waals surface area contributed by atoms with Gasteiger partial charge in [0.2, 0.25) is 12.5 Å². The fraction of sp³-hybridized carbons (Fsp3) is 0.462. The monoisotopic (exact) mass is 234 g/mol. The standard InChI is InChI=1S/C13H16NO3/c1-3-14-5-4-9-6-11-13(17-8-16-11)12(15-2)10(9)7-14/h6-7H,3-5,8H2,1-2H3/q+1. The highest BCUT2D eigenvalue weighted by Gasteiger charge is 2.28. The molecule has 1 aromatic carbocycles. The molecule has 3 rings (SSSR count). The van der Waals surface area contributed by atoms with Gasteiger partial charge >= 0.3 is 0 Å². The van der Waals surface area contributed by atoms with Crippen molar-refractivity contribution in [3.63, 3.8) is 0 Å². The molecule has 0 aliphatic carbocycles. The van der Waals surface area contributed by atoms with Crippen LogP contribution in [0.2, 0.25) is 0 Å². The highest BCUT2D eigenvalue weighted by atomic mass is 16.7. The molecule has 2 aliphatic rings. The second kappa shape index (κ2) is 3.95. The van der Waals surface area contributed by atoms with E-state index in [0.717, 1.165) is 42.3 Å². The number of rotatable bonds is 2. The van der Waals surface area contributed by atoms with Crippen molar-refractivity contribution in [1.82, 2.24) is 0 Å². The van der Waals surface area contributed by atoms with Gasteiger partial charge in [0.25, 0.3) is 0 Å². The molecule has 0 saturated heterocycles. The topological polar surface area (TPSA) is 30.7 Å². The van der Waals surface area contributed by atoms with Crippen LogP contribution < -0.4 is 14.2 Å². The summed E-state index contributed by atoms with van der Waals surface area (Å²) in [4.78, 5) is 0. The minimum atomic E-state index is 0.284.